The molecule has 1 aliphatic rings. The molecule has 0 unspecified atom stereocenters. The molecule has 0 fully saturated rings. The third-order valence-corrected chi connectivity index (χ3v) is 6.00. The van der Waals surface area contributed by atoms with E-state index in [1.54, 1.807) is 23.1 Å². The number of anilines is 1. The fourth-order valence-electron chi connectivity index (χ4n) is 4.23. The van der Waals surface area contributed by atoms with Gasteiger partial charge in [-0.3, -0.25) is 4.79 Å². The van der Waals surface area contributed by atoms with Gasteiger partial charge in [0.2, 0.25) is 5.91 Å². The number of imidazole rings is 1. The molecule has 6 heteroatoms. The Morgan fingerprint density at radius 2 is 1.88 bits per heavy atom. The van der Waals surface area contributed by atoms with Crippen LogP contribution in [0.4, 0.5) is 5.69 Å². The molecule has 3 aromatic carbocycles. The number of carbonyl (C=O) groups excluding carboxylic acids is 2. The Labute approximate surface area is 192 Å². The third-order valence-electron chi connectivity index (χ3n) is 6.00. The number of benzene rings is 3. The first kappa shape index (κ1) is 20.9. The summed E-state index contributed by atoms with van der Waals surface area (Å²) in [7, 11) is 0. The van der Waals surface area contributed by atoms with Crippen molar-refractivity contribution in [2.45, 2.75) is 26.2 Å². The van der Waals surface area contributed by atoms with Crippen LogP contribution in [0.1, 0.15) is 34.3 Å². The largest absolute Gasteiger partial charge is 0.462 e. The van der Waals surface area contributed by atoms with E-state index in [-0.39, 0.29) is 18.9 Å². The summed E-state index contributed by atoms with van der Waals surface area (Å²) in [6.07, 6.45) is 2.08. The molecule has 0 saturated heterocycles. The molecule has 0 spiro atoms. The predicted molar refractivity (Wildman–Crippen MR) is 128 cm³/mol. The molecule has 33 heavy (non-hydrogen) atoms. The molecule has 0 atom stereocenters. The van der Waals surface area contributed by atoms with Gasteiger partial charge in [-0.05, 0) is 49.6 Å². The van der Waals surface area contributed by atoms with Crippen molar-refractivity contribution in [3.8, 4) is 11.4 Å². The minimum atomic E-state index is -0.449. The Morgan fingerprint density at radius 3 is 2.73 bits per heavy atom. The van der Waals surface area contributed by atoms with Crippen molar-refractivity contribution < 1.29 is 14.3 Å². The number of nitrogens with zero attached hydrogens (tertiary/aromatic N) is 2. The number of carbonyl (C=O) groups is 2. The summed E-state index contributed by atoms with van der Waals surface area (Å²) in [4.78, 5) is 35.0. The molecule has 2 heterocycles. The van der Waals surface area contributed by atoms with Crippen LogP contribution in [0, 0.1) is 6.92 Å². The van der Waals surface area contributed by atoms with Crippen molar-refractivity contribution in [2.24, 2.45) is 0 Å². The Kier molecular flexibility index (Phi) is 5.65. The average Bonchev–Trinajstić information content (AvgIpc) is 3.27. The van der Waals surface area contributed by atoms with Crippen molar-refractivity contribution in [3.63, 3.8) is 0 Å². The van der Waals surface area contributed by atoms with E-state index in [4.69, 9.17) is 4.74 Å². The molecule has 0 aliphatic carbocycles. The molecular formula is C27H25N3O3. The van der Waals surface area contributed by atoms with Crippen LogP contribution in [0.3, 0.4) is 0 Å². The lowest BCUT2D eigenvalue weighted by Gasteiger charge is -2.29. The van der Waals surface area contributed by atoms with Gasteiger partial charge in [0, 0.05) is 17.8 Å². The van der Waals surface area contributed by atoms with E-state index in [2.05, 4.69) is 16.0 Å². The number of rotatable bonds is 5. The monoisotopic (exact) mass is 439 g/mol. The average molecular weight is 440 g/mol. The zero-order valence-corrected chi connectivity index (χ0v) is 18.5. The maximum Gasteiger partial charge on any atom is 0.338 e. The van der Waals surface area contributed by atoms with Crippen LogP contribution in [0.5, 0.6) is 0 Å². The van der Waals surface area contributed by atoms with E-state index in [0.717, 1.165) is 41.0 Å². The number of aromatic nitrogens is 2. The molecule has 1 amide bonds. The second kappa shape index (κ2) is 8.90. The van der Waals surface area contributed by atoms with E-state index in [1.165, 1.54) is 11.1 Å². The topological polar surface area (TPSA) is 75.3 Å². The van der Waals surface area contributed by atoms with Crippen LogP contribution in [0.2, 0.25) is 0 Å². The molecule has 1 aliphatic heterocycles. The summed E-state index contributed by atoms with van der Waals surface area (Å²) in [5.41, 5.74) is 6.29. The first-order chi connectivity index (χ1) is 16.1. The van der Waals surface area contributed by atoms with Crippen molar-refractivity contribution in [1.82, 2.24) is 9.97 Å². The SMILES string of the molecule is Cc1ccc(-c2nc3ccc(C(=O)OCCC(=O)N4CCCc5ccccc54)cc3[nH]2)cc1. The Balaban J connectivity index is 1.22. The fraction of sp³-hybridized carbons (Fsp3) is 0.222. The summed E-state index contributed by atoms with van der Waals surface area (Å²) in [5, 5.41) is 0. The molecule has 1 aromatic heterocycles. The van der Waals surface area contributed by atoms with Gasteiger partial charge >= 0.3 is 5.97 Å². The highest BCUT2D eigenvalue weighted by atomic mass is 16.5. The first-order valence-corrected chi connectivity index (χ1v) is 11.2. The number of esters is 1. The first-order valence-electron chi connectivity index (χ1n) is 11.2. The summed E-state index contributed by atoms with van der Waals surface area (Å²) in [6, 6.07) is 21.3. The zero-order valence-electron chi connectivity index (χ0n) is 18.5. The number of aryl methyl sites for hydroxylation is 2. The summed E-state index contributed by atoms with van der Waals surface area (Å²) in [5.74, 6) is 0.278. The van der Waals surface area contributed by atoms with Gasteiger partial charge in [-0.1, -0.05) is 48.0 Å². The van der Waals surface area contributed by atoms with Gasteiger partial charge in [-0.25, -0.2) is 9.78 Å². The van der Waals surface area contributed by atoms with E-state index in [9.17, 15) is 9.59 Å². The number of H-pyrrole nitrogens is 1. The maximum atomic E-state index is 12.7. The number of para-hydroxylation sites is 1. The summed E-state index contributed by atoms with van der Waals surface area (Å²) >= 11 is 0. The molecule has 6 nitrogen and oxygen atoms in total. The van der Waals surface area contributed by atoms with E-state index in [1.807, 2.05) is 49.4 Å². The van der Waals surface area contributed by atoms with Gasteiger partial charge in [0.25, 0.3) is 0 Å². The number of hydrogen-bond acceptors (Lipinski definition) is 4. The quantitative estimate of drug-likeness (QED) is 0.441. The minimum absolute atomic E-state index is 0.0262. The van der Waals surface area contributed by atoms with Gasteiger partial charge in [0.15, 0.2) is 0 Å². The Bertz CT molecular complexity index is 1320. The number of amides is 1. The normalized spacial score (nSPS) is 13.1. The third kappa shape index (κ3) is 4.37. The zero-order chi connectivity index (χ0) is 22.8. The van der Waals surface area contributed by atoms with Crippen molar-refractivity contribution >= 4 is 28.6 Å². The van der Waals surface area contributed by atoms with Crippen LogP contribution in [-0.2, 0) is 16.0 Å². The van der Waals surface area contributed by atoms with Gasteiger partial charge in [0.1, 0.15) is 12.4 Å². The highest BCUT2D eigenvalue weighted by Crippen LogP contribution is 2.27. The number of ether oxygens (including phenoxy) is 1. The molecule has 0 bridgehead atoms. The lowest BCUT2D eigenvalue weighted by atomic mass is 10.0. The highest BCUT2D eigenvalue weighted by Gasteiger charge is 2.22. The molecule has 0 saturated carbocycles. The lowest BCUT2D eigenvalue weighted by Crippen LogP contribution is -2.36. The second-order valence-electron chi connectivity index (χ2n) is 8.35. The van der Waals surface area contributed by atoms with E-state index >= 15 is 0 Å². The minimum Gasteiger partial charge on any atom is -0.462 e. The van der Waals surface area contributed by atoms with Crippen LogP contribution in [0.15, 0.2) is 66.7 Å². The fourth-order valence-corrected chi connectivity index (χ4v) is 4.23. The Morgan fingerprint density at radius 1 is 1.06 bits per heavy atom. The standard InChI is InChI=1S/C27H25N3O3/c1-18-8-10-20(11-9-18)26-28-22-13-12-21(17-23(22)29-26)27(32)33-16-14-25(31)30-15-4-6-19-5-2-3-7-24(19)30/h2-3,5,7-13,17H,4,6,14-16H2,1H3,(H,28,29). The molecule has 5 rings (SSSR count). The molecular weight excluding hydrogens is 414 g/mol. The number of nitrogens with one attached hydrogen (secondary N) is 1. The molecule has 166 valence electrons. The van der Waals surface area contributed by atoms with Crippen LogP contribution >= 0.6 is 0 Å². The lowest BCUT2D eigenvalue weighted by molar-refractivity contribution is -0.119. The number of hydrogen-bond donors (Lipinski definition) is 1. The van der Waals surface area contributed by atoms with Gasteiger partial charge in [-0.15, -0.1) is 0 Å². The molecule has 0 radical (unpaired) electrons. The summed E-state index contributed by atoms with van der Waals surface area (Å²) < 4.78 is 5.41. The van der Waals surface area contributed by atoms with Crippen LogP contribution < -0.4 is 4.90 Å². The summed E-state index contributed by atoms with van der Waals surface area (Å²) in [6.45, 7) is 2.79. The highest BCUT2D eigenvalue weighted by molar-refractivity contribution is 5.96. The predicted octanol–water partition coefficient (Wildman–Crippen LogP) is 5.06. The Hall–Kier alpha value is -3.93. The number of fused-ring (bicyclic) bond motifs is 2. The van der Waals surface area contributed by atoms with E-state index in [0.29, 0.717) is 12.1 Å². The van der Waals surface area contributed by atoms with Crippen LogP contribution in [-0.4, -0.2) is 35.0 Å². The smallest absolute Gasteiger partial charge is 0.338 e. The van der Waals surface area contributed by atoms with Crippen molar-refractivity contribution in [3.05, 3.63) is 83.4 Å². The van der Waals surface area contributed by atoms with Gasteiger partial charge < -0.3 is 14.6 Å². The van der Waals surface area contributed by atoms with E-state index < -0.39 is 5.97 Å². The van der Waals surface area contributed by atoms with Crippen molar-refractivity contribution in [2.75, 3.05) is 18.1 Å². The van der Waals surface area contributed by atoms with Gasteiger partial charge in [0.05, 0.1) is 23.0 Å². The molecule has 4 aromatic rings. The molecule has 1 N–H and O–H groups in total. The van der Waals surface area contributed by atoms with Gasteiger partial charge in [-0.2, -0.15) is 0 Å². The van der Waals surface area contributed by atoms with Crippen LogP contribution in [0.25, 0.3) is 22.4 Å². The van der Waals surface area contributed by atoms with Crippen molar-refractivity contribution in [1.29, 1.82) is 0 Å². The maximum absolute atomic E-state index is 12.7. The second-order valence-corrected chi connectivity index (χ2v) is 8.35. The number of aromatic amines is 1.